The van der Waals surface area contributed by atoms with Gasteiger partial charge in [0.15, 0.2) is 0 Å². The fraction of sp³-hybridized carbons (Fsp3) is 0.0909. The van der Waals surface area contributed by atoms with Gasteiger partial charge in [-0.2, -0.15) is 0 Å². The van der Waals surface area contributed by atoms with E-state index in [2.05, 4.69) is 103 Å². The summed E-state index contributed by atoms with van der Waals surface area (Å²) >= 11 is 0. The number of hydrogen-bond donors (Lipinski definition) is 0. The summed E-state index contributed by atoms with van der Waals surface area (Å²) in [5.74, 6) is 0.451. The Morgan fingerprint density at radius 1 is 0.609 bits per heavy atom. The highest BCUT2D eigenvalue weighted by atomic mass is 31.1. The van der Waals surface area contributed by atoms with Gasteiger partial charge in [0.25, 0.3) is 0 Å². The molecule has 0 aliphatic heterocycles. The summed E-state index contributed by atoms with van der Waals surface area (Å²) in [6.07, 6.45) is 15.9. The van der Waals surface area contributed by atoms with Crippen LogP contribution in [0.5, 0.6) is 0 Å². The lowest BCUT2D eigenvalue weighted by Crippen LogP contribution is -2.22. The van der Waals surface area contributed by atoms with Gasteiger partial charge in [-0.25, -0.2) is 0 Å². The Labute approximate surface area is 139 Å². The lowest BCUT2D eigenvalue weighted by Gasteiger charge is -2.28. The second kappa shape index (κ2) is 6.52. The van der Waals surface area contributed by atoms with Crippen LogP contribution in [0.2, 0.25) is 0 Å². The van der Waals surface area contributed by atoms with Crippen LogP contribution >= 0.6 is 7.92 Å². The number of benzene rings is 2. The molecule has 1 heteroatoms. The molecule has 0 N–H and O–H groups in total. The summed E-state index contributed by atoms with van der Waals surface area (Å²) in [7, 11) is -0.430. The molecule has 0 heterocycles. The van der Waals surface area contributed by atoms with E-state index in [0.717, 1.165) is 0 Å². The monoisotopic (exact) mass is 314 g/mol. The van der Waals surface area contributed by atoms with E-state index in [4.69, 9.17) is 0 Å². The normalized spacial score (nSPS) is 19.7. The predicted molar refractivity (Wildman–Crippen MR) is 102 cm³/mol. The SMILES string of the molecule is C1=CC(C2=CC=CC2P(c2ccccc2)c2ccccc2)C=C1. The van der Waals surface area contributed by atoms with Crippen LogP contribution in [0.1, 0.15) is 0 Å². The van der Waals surface area contributed by atoms with Gasteiger partial charge < -0.3 is 0 Å². The first kappa shape index (κ1) is 14.4. The van der Waals surface area contributed by atoms with Crippen LogP contribution in [0, 0.1) is 5.92 Å². The van der Waals surface area contributed by atoms with Crippen molar-refractivity contribution in [2.75, 3.05) is 0 Å². The molecule has 1 atom stereocenters. The maximum atomic E-state index is 2.39. The minimum atomic E-state index is -0.430. The van der Waals surface area contributed by atoms with E-state index in [1.807, 2.05) is 0 Å². The Hall–Kier alpha value is -2.17. The zero-order valence-corrected chi connectivity index (χ0v) is 13.8. The molecule has 0 saturated carbocycles. The third-order valence-corrected chi connectivity index (χ3v) is 7.14. The van der Waals surface area contributed by atoms with Crippen molar-refractivity contribution in [1.29, 1.82) is 0 Å². The van der Waals surface area contributed by atoms with Crippen LogP contribution < -0.4 is 10.6 Å². The molecule has 0 bridgehead atoms. The van der Waals surface area contributed by atoms with Crippen molar-refractivity contribution in [1.82, 2.24) is 0 Å². The molecule has 2 aromatic rings. The quantitative estimate of drug-likeness (QED) is 0.716. The number of hydrogen-bond acceptors (Lipinski definition) is 0. The summed E-state index contributed by atoms with van der Waals surface area (Å²) in [4.78, 5) is 0. The first-order chi connectivity index (χ1) is 11.4. The lowest BCUT2D eigenvalue weighted by molar-refractivity contribution is 0.953. The Morgan fingerprint density at radius 3 is 1.74 bits per heavy atom. The zero-order valence-electron chi connectivity index (χ0n) is 12.9. The van der Waals surface area contributed by atoms with Crippen molar-refractivity contribution in [3.8, 4) is 0 Å². The molecule has 0 amide bonds. The first-order valence-electron chi connectivity index (χ1n) is 8.06. The Bertz CT molecular complexity index is 730. The average molecular weight is 314 g/mol. The van der Waals surface area contributed by atoms with Crippen LogP contribution in [0.15, 0.2) is 109 Å². The van der Waals surface area contributed by atoms with Crippen molar-refractivity contribution >= 4 is 18.5 Å². The van der Waals surface area contributed by atoms with Crippen LogP contribution in [-0.4, -0.2) is 5.66 Å². The molecule has 0 aromatic heterocycles. The Kier molecular flexibility index (Phi) is 4.09. The van der Waals surface area contributed by atoms with Gasteiger partial charge in [-0.05, 0) is 24.1 Å². The van der Waals surface area contributed by atoms with E-state index in [9.17, 15) is 0 Å². The zero-order chi connectivity index (χ0) is 15.5. The molecule has 2 aliphatic rings. The van der Waals surface area contributed by atoms with Gasteiger partial charge in [0.1, 0.15) is 0 Å². The summed E-state index contributed by atoms with van der Waals surface area (Å²) in [5.41, 5.74) is 2.00. The van der Waals surface area contributed by atoms with Crippen LogP contribution in [0.4, 0.5) is 0 Å². The Balaban J connectivity index is 1.77. The average Bonchev–Trinajstić information content (AvgIpc) is 3.28. The molecule has 23 heavy (non-hydrogen) atoms. The van der Waals surface area contributed by atoms with E-state index in [-0.39, 0.29) is 0 Å². The minimum Gasteiger partial charge on any atom is -0.0735 e. The highest BCUT2D eigenvalue weighted by molar-refractivity contribution is 7.74. The van der Waals surface area contributed by atoms with Gasteiger partial charge in [-0.1, -0.05) is 103 Å². The second-order valence-corrected chi connectivity index (χ2v) is 8.16. The fourth-order valence-electron chi connectivity index (χ4n) is 3.33. The maximum Gasteiger partial charge on any atom is 0.0275 e. The van der Waals surface area contributed by atoms with E-state index in [0.29, 0.717) is 11.6 Å². The summed E-state index contributed by atoms with van der Waals surface area (Å²) in [6.45, 7) is 0. The molecule has 0 nitrogen and oxygen atoms in total. The smallest absolute Gasteiger partial charge is 0.0275 e. The maximum absolute atomic E-state index is 2.39. The van der Waals surface area contributed by atoms with Gasteiger partial charge in [0.2, 0.25) is 0 Å². The standard InChI is InChI=1S/C22H19P/c1-3-12-19(13-4-1)23(20-14-5-2-6-15-20)22-17-9-16-21(22)18-10-7-8-11-18/h1-18,22H. The lowest BCUT2D eigenvalue weighted by atomic mass is 10.00. The van der Waals surface area contributed by atoms with Crippen LogP contribution in [0.25, 0.3) is 0 Å². The molecule has 0 fully saturated rings. The first-order valence-corrected chi connectivity index (χ1v) is 9.47. The van der Waals surface area contributed by atoms with Gasteiger partial charge >= 0.3 is 0 Å². The summed E-state index contributed by atoms with van der Waals surface area (Å²) < 4.78 is 0. The predicted octanol–water partition coefficient (Wildman–Crippen LogP) is 4.73. The van der Waals surface area contributed by atoms with Gasteiger partial charge in [0.05, 0.1) is 0 Å². The van der Waals surface area contributed by atoms with Crippen molar-refractivity contribution in [3.63, 3.8) is 0 Å². The molecular formula is C22H19P. The molecule has 112 valence electrons. The van der Waals surface area contributed by atoms with Crippen molar-refractivity contribution in [3.05, 3.63) is 109 Å². The van der Waals surface area contributed by atoms with Crippen LogP contribution in [0.3, 0.4) is 0 Å². The molecule has 0 radical (unpaired) electrons. The summed E-state index contributed by atoms with van der Waals surface area (Å²) in [5, 5.41) is 2.89. The van der Waals surface area contributed by atoms with Gasteiger partial charge in [-0.3, -0.25) is 0 Å². The molecular weight excluding hydrogens is 295 g/mol. The molecule has 1 unspecified atom stereocenters. The van der Waals surface area contributed by atoms with Crippen molar-refractivity contribution in [2.45, 2.75) is 5.66 Å². The fourth-order valence-corrected chi connectivity index (χ4v) is 6.08. The highest BCUT2D eigenvalue weighted by Gasteiger charge is 2.30. The number of rotatable bonds is 4. The largest absolute Gasteiger partial charge is 0.0735 e. The third kappa shape index (κ3) is 2.87. The number of allylic oxidation sites excluding steroid dienone is 8. The summed E-state index contributed by atoms with van der Waals surface area (Å²) in [6, 6.07) is 22.0. The third-order valence-electron chi connectivity index (χ3n) is 4.40. The molecule has 2 aliphatic carbocycles. The molecule has 4 rings (SSSR count). The molecule has 0 spiro atoms. The Morgan fingerprint density at radius 2 is 1.17 bits per heavy atom. The van der Waals surface area contributed by atoms with Gasteiger partial charge in [0, 0.05) is 11.6 Å². The van der Waals surface area contributed by atoms with E-state index in [1.54, 1.807) is 0 Å². The van der Waals surface area contributed by atoms with Crippen LogP contribution in [-0.2, 0) is 0 Å². The van der Waals surface area contributed by atoms with E-state index < -0.39 is 7.92 Å². The van der Waals surface area contributed by atoms with Crippen molar-refractivity contribution in [2.24, 2.45) is 5.92 Å². The van der Waals surface area contributed by atoms with E-state index in [1.165, 1.54) is 16.2 Å². The molecule has 2 aromatic carbocycles. The topological polar surface area (TPSA) is 0 Å². The molecule has 0 saturated heterocycles. The highest BCUT2D eigenvalue weighted by Crippen LogP contribution is 2.48. The second-order valence-electron chi connectivity index (χ2n) is 5.83. The van der Waals surface area contributed by atoms with E-state index >= 15 is 0 Å². The van der Waals surface area contributed by atoms with Crippen molar-refractivity contribution < 1.29 is 0 Å². The van der Waals surface area contributed by atoms with Gasteiger partial charge in [-0.15, -0.1) is 0 Å². The minimum absolute atomic E-state index is 0.430.